The lowest BCUT2D eigenvalue weighted by Gasteiger charge is -2.25. The van der Waals surface area contributed by atoms with Crippen molar-refractivity contribution in [2.45, 2.75) is 46.1 Å². The van der Waals surface area contributed by atoms with Gasteiger partial charge in [-0.25, -0.2) is 0 Å². The lowest BCUT2D eigenvalue weighted by Crippen LogP contribution is -2.27. The Morgan fingerprint density at radius 3 is 2.54 bits per heavy atom. The monoisotopic (exact) mass is 365 g/mol. The molecule has 0 rings (SSSR count). The van der Waals surface area contributed by atoms with E-state index in [-0.39, 0.29) is 5.60 Å². The molecule has 0 aliphatic carbocycles. The second kappa shape index (κ2) is 13.7. The number of ether oxygens (including phenoxy) is 1. The summed E-state index contributed by atoms with van der Waals surface area (Å²) in [4.78, 5) is 0. The molecule has 0 aliphatic heterocycles. The molecule has 0 saturated carbocycles. The predicted octanol–water partition coefficient (Wildman–Crippen LogP) is 5.68. The molecule has 0 N–H and O–H groups in total. The zero-order valence-electron chi connectivity index (χ0n) is 15.4. The zero-order valence-corrected chi connectivity index (χ0v) is 17.1. The van der Waals surface area contributed by atoms with E-state index < -0.39 is 0 Å². The molecule has 0 bridgehead atoms. The highest BCUT2D eigenvalue weighted by atomic mass is 32.2. The lowest BCUT2D eigenvalue weighted by atomic mass is 10.1. The van der Waals surface area contributed by atoms with Crippen LogP contribution in [0.3, 0.4) is 0 Å². The van der Waals surface area contributed by atoms with Crippen molar-refractivity contribution in [1.29, 1.82) is 0 Å². The Kier molecular flexibility index (Phi) is 13.3. The molecular weight excluding hydrogens is 335 g/mol. The van der Waals surface area contributed by atoms with Gasteiger partial charge >= 0.3 is 6.76 Å². The third kappa shape index (κ3) is 12.8. The van der Waals surface area contributed by atoms with Crippen LogP contribution in [-0.4, -0.2) is 29.8 Å². The standard InChI is InChI=1S/C19H30BO2S2/c1-7-9-11-17(10-8-2)18(23)24-20-22-15-13-19(5,6)21-14-12-16(3)4/h7-11,16H,1-2,12-15H2,3-6H3/b11-9-,17-10+. The third-order valence-corrected chi connectivity index (χ3v) is 4.38. The average molecular weight is 365 g/mol. The second-order valence-corrected chi connectivity index (χ2v) is 7.87. The van der Waals surface area contributed by atoms with Crippen LogP contribution in [0.5, 0.6) is 0 Å². The Balaban J connectivity index is 4.05. The van der Waals surface area contributed by atoms with Crippen molar-refractivity contribution in [3.8, 4) is 0 Å². The largest absolute Gasteiger partial charge is 0.428 e. The van der Waals surface area contributed by atoms with Crippen LogP contribution in [0.1, 0.15) is 40.5 Å². The van der Waals surface area contributed by atoms with Crippen molar-refractivity contribution in [3.63, 3.8) is 0 Å². The van der Waals surface area contributed by atoms with Gasteiger partial charge in [0.15, 0.2) is 0 Å². The fourth-order valence-electron chi connectivity index (χ4n) is 1.63. The Morgan fingerprint density at radius 1 is 1.25 bits per heavy atom. The molecule has 133 valence electrons. The van der Waals surface area contributed by atoms with Crippen LogP contribution < -0.4 is 0 Å². The van der Waals surface area contributed by atoms with Crippen LogP contribution in [0, 0.1) is 5.92 Å². The van der Waals surface area contributed by atoms with Gasteiger partial charge in [0.05, 0.1) is 9.80 Å². The second-order valence-electron chi connectivity index (χ2n) is 6.37. The summed E-state index contributed by atoms with van der Waals surface area (Å²) in [6.45, 7) is 19.0. The molecule has 5 heteroatoms. The number of allylic oxidation sites excluding steroid dienone is 5. The van der Waals surface area contributed by atoms with E-state index in [2.05, 4.69) is 40.9 Å². The first kappa shape index (κ1) is 23.4. The van der Waals surface area contributed by atoms with Gasteiger partial charge in [0, 0.05) is 13.2 Å². The maximum Gasteiger partial charge on any atom is 0.377 e. The molecule has 0 aromatic rings. The molecule has 0 aromatic carbocycles. The number of rotatable bonds is 13. The van der Waals surface area contributed by atoms with Crippen molar-refractivity contribution in [1.82, 2.24) is 0 Å². The molecule has 0 spiro atoms. The summed E-state index contributed by atoms with van der Waals surface area (Å²) in [5, 5.41) is 0. The minimum absolute atomic E-state index is 0.172. The topological polar surface area (TPSA) is 18.5 Å². The normalized spacial score (nSPS) is 12.6. The first-order valence-corrected chi connectivity index (χ1v) is 9.51. The van der Waals surface area contributed by atoms with Gasteiger partial charge < -0.3 is 9.39 Å². The fourth-order valence-corrected chi connectivity index (χ4v) is 2.41. The third-order valence-electron chi connectivity index (χ3n) is 3.18. The summed E-state index contributed by atoms with van der Waals surface area (Å²) >= 11 is 6.77. The maximum absolute atomic E-state index is 5.92. The highest BCUT2D eigenvalue weighted by Gasteiger charge is 2.18. The summed E-state index contributed by atoms with van der Waals surface area (Å²) in [5.41, 5.74) is 0.746. The molecule has 24 heavy (non-hydrogen) atoms. The van der Waals surface area contributed by atoms with Gasteiger partial charge in [-0.15, -0.1) is 11.6 Å². The van der Waals surface area contributed by atoms with Gasteiger partial charge in [-0.1, -0.05) is 69.6 Å². The molecule has 0 atom stereocenters. The van der Waals surface area contributed by atoms with Gasteiger partial charge in [0.1, 0.15) is 0 Å². The highest BCUT2D eigenvalue weighted by Crippen LogP contribution is 2.17. The smallest absolute Gasteiger partial charge is 0.377 e. The fraction of sp³-hybridized carbons (Fsp3) is 0.526. The van der Waals surface area contributed by atoms with Gasteiger partial charge in [-0.2, -0.15) is 0 Å². The summed E-state index contributed by atoms with van der Waals surface area (Å²) in [7, 11) is 0. The Morgan fingerprint density at radius 2 is 1.96 bits per heavy atom. The van der Waals surface area contributed by atoms with Crippen LogP contribution >= 0.6 is 23.8 Å². The maximum atomic E-state index is 5.92. The van der Waals surface area contributed by atoms with Crippen molar-refractivity contribution in [3.05, 3.63) is 49.1 Å². The minimum Gasteiger partial charge on any atom is -0.428 e. The van der Waals surface area contributed by atoms with Crippen molar-refractivity contribution in [2.24, 2.45) is 5.92 Å². The van der Waals surface area contributed by atoms with E-state index in [0.29, 0.717) is 12.5 Å². The molecule has 0 fully saturated rings. The molecule has 2 nitrogen and oxygen atoms in total. The Bertz CT molecular complexity index is 454. The summed E-state index contributed by atoms with van der Waals surface area (Å²) in [6.07, 6.45) is 11.0. The predicted molar refractivity (Wildman–Crippen MR) is 114 cm³/mol. The first-order chi connectivity index (χ1) is 11.3. The number of hydrogen-bond acceptors (Lipinski definition) is 4. The summed E-state index contributed by atoms with van der Waals surface area (Å²) in [5.74, 6) is 0.663. The Hall–Kier alpha value is -0.615. The van der Waals surface area contributed by atoms with E-state index in [1.54, 1.807) is 18.9 Å². The Labute approximate surface area is 158 Å². The van der Waals surface area contributed by atoms with Gasteiger partial charge in [0.25, 0.3) is 0 Å². The van der Waals surface area contributed by atoms with E-state index >= 15 is 0 Å². The van der Waals surface area contributed by atoms with E-state index in [4.69, 9.17) is 21.6 Å². The first-order valence-electron chi connectivity index (χ1n) is 8.22. The molecule has 0 aromatic heterocycles. The number of hydrogen-bond donors (Lipinski definition) is 0. The molecule has 0 saturated heterocycles. The quantitative estimate of drug-likeness (QED) is 0.137. The molecule has 1 radical (unpaired) electrons. The van der Waals surface area contributed by atoms with E-state index in [1.165, 1.54) is 11.6 Å². The summed E-state index contributed by atoms with van der Waals surface area (Å²) < 4.78 is 12.2. The van der Waals surface area contributed by atoms with E-state index in [0.717, 1.165) is 29.2 Å². The lowest BCUT2D eigenvalue weighted by molar-refractivity contribution is -0.0343. The van der Waals surface area contributed by atoms with Crippen molar-refractivity contribution < 1.29 is 9.39 Å². The van der Waals surface area contributed by atoms with E-state index in [1.807, 2.05) is 18.2 Å². The van der Waals surface area contributed by atoms with Crippen LogP contribution in [0.2, 0.25) is 0 Å². The minimum atomic E-state index is -0.172. The van der Waals surface area contributed by atoms with Crippen molar-refractivity contribution in [2.75, 3.05) is 13.2 Å². The molecule has 0 heterocycles. The van der Waals surface area contributed by atoms with Crippen LogP contribution in [0.25, 0.3) is 0 Å². The zero-order chi connectivity index (χ0) is 18.4. The molecule has 0 amide bonds. The van der Waals surface area contributed by atoms with E-state index in [9.17, 15) is 0 Å². The van der Waals surface area contributed by atoms with Crippen LogP contribution in [0.15, 0.2) is 49.1 Å². The summed E-state index contributed by atoms with van der Waals surface area (Å²) in [6, 6.07) is 0. The number of thiocarbonyl (C=S) groups is 1. The van der Waals surface area contributed by atoms with Crippen molar-refractivity contribution >= 4 is 34.8 Å². The molecule has 0 unspecified atom stereocenters. The molecular formula is C19H30BO2S2. The average Bonchev–Trinajstić information content (AvgIpc) is 2.50. The van der Waals surface area contributed by atoms with Gasteiger partial charge in [0.2, 0.25) is 0 Å². The van der Waals surface area contributed by atoms with Crippen LogP contribution in [0.4, 0.5) is 0 Å². The van der Waals surface area contributed by atoms with Crippen LogP contribution in [-0.2, 0) is 9.39 Å². The highest BCUT2D eigenvalue weighted by molar-refractivity contribution is 8.39. The SMILES string of the molecule is C=C/C=C\C(=C/C=C)C(=S)S[B]OCCC(C)(C)OCCC(C)C. The van der Waals surface area contributed by atoms with Gasteiger partial charge in [-0.3, -0.25) is 0 Å². The molecule has 0 aliphatic rings. The van der Waals surface area contributed by atoms with Gasteiger partial charge in [-0.05, 0) is 38.2 Å².